The number of benzene rings is 1. The van der Waals surface area contributed by atoms with Crippen molar-refractivity contribution in [2.45, 2.75) is 19.9 Å². The molecule has 0 saturated carbocycles. The Kier molecular flexibility index (Phi) is 3.77. The van der Waals surface area contributed by atoms with E-state index in [0.717, 1.165) is 23.5 Å². The Morgan fingerprint density at radius 2 is 2.17 bits per heavy atom. The van der Waals surface area contributed by atoms with Crippen molar-refractivity contribution in [3.05, 3.63) is 53.4 Å². The molecule has 0 aliphatic rings. The molecular formula is C14H18FN3. The Morgan fingerprint density at radius 1 is 1.39 bits per heavy atom. The maximum atomic E-state index is 13.5. The minimum atomic E-state index is -0.206. The molecule has 0 spiro atoms. The van der Waals surface area contributed by atoms with Crippen LogP contribution in [0.4, 0.5) is 4.39 Å². The zero-order chi connectivity index (χ0) is 13.1. The third kappa shape index (κ3) is 2.59. The number of hydrogen-bond donors (Lipinski definition) is 1. The Bertz CT molecular complexity index is 513. The second kappa shape index (κ2) is 5.31. The molecule has 2 rings (SSSR count). The van der Waals surface area contributed by atoms with Crippen LogP contribution < -0.4 is 5.32 Å². The molecular weight excluding hydrogens is 229 g/mol. The van der Waals surface area contributed by atoms with Gasteiger partial charge < -0.3 is 9.88 Å². The van der Waals surface area contributed by atoms with Crippen LogP contribution in [-0.2, 0) is 7.05 Å². The van der Waals surface area contributed by atoms with Crippen LogP contribution in [0.5, 0.6) is 0 Å². The summed E-state index contributed by atoms with van der Waals surface area (Å²) in [6, 6.07) is 5.01. The molecule has 1 aromatic carbocycles. The number of nitrogens with zero attached hydrogens (tertiary/aromatic N) is 2. The molecule has 3 nitrogen and oxygen atoms in total. The fourth-order valence-electron chi connectivity index (χ4n) is 2.15. The predicted octanol–water partition coefficient (Wildman–Crippen LogP) is 2.57. The van der Waals surface area contributed by atoms with Crippen LogP contribution in [0.15, 0.2) is 30.6 Å². The molecule has 4 heteroatoms. The average Bonchev–Trinajstić information content (AvgIpc) is 2.71. The quantitative estimate of drug-likeness (QED) is 0.900. The first-order valence-electron chi connectivity index (χ1n) is 6.09. The van der Waals surface area contributed by atoms with Crippen molar-refractivity contribution in [2.75, 3.05) is 6.54 Å². The van der Waals surface area contributed by atoms with E-state index < -0.39 is 0 Å². The summed E-state index contributed by atoms with van der Waals surface area (Å²) in [5, 5.41) is 3.35. The van der Waals surface area contributed by atoms with Crippen LogP contribution in [0.1, 0.15) is 29.9 Å². The monoisotopic (exact) mass is 247 g/mol. The van der Waals surface area contributed by atoms with Crippen LogP contribution >= 0.6 is 0 Å². The van der Waals surface area contributed by atoms with Crippen LogP contribution in [0, 0.1) is 12.7 Å². The number of rotatable bonds is 4. The molecule has 1 aromatic heterocycles. The van der Waals surface area contributed by atoms with E-state index in [0.29, 0.717) is 0 Å². The van der Waals surface area contributed by atoms with Gasteiger partial charge in [-0.3, -0.25) is 0 Å². The molecule has 1 N–H and O–H groups in total. The third-order valence-corrected chi connectivity index (χ3v) is 2.92. The number of halogens is 1. The van der Waals surface area contributed by atoms with E-state index in [9.17, 15) is 4.39 Å². The standard InChI is InChI=1S/C14H18FN3/c1-4-16-13(14-17-5-6-18(14)3)11-7-10(2)8-12(15)9-11/h5-9,13,16H,4H2,1-3H3. The van der Waals surface area contributed by atoms with Crippen molar-refractivity contribution in [3.8, 4) is 0 Å². The summed E-state index contributed by atoms with van der Waals surface area (Å²) in [6.07, 6.45) is 3.65. The molecule has 1 atom stereocenters. The molecule has 0 fully saturated rings. The lowest BCUT2D eigenvalue weighted by molar-refractivity contribution is 0.567. The lowest BCUT2D eigenvalue weighted by atomic mass is 10.0. The Balaban J connectivity index is 2.44. The molecule has 0 aliphatic heterocycles. The fraction of sp³-hybridized carbons (Fsp3) is 0.357. The SMILES string of the molecule is CCNC(c1cc(C)cc(F)c1)c1nccn1C. The maximum absolute atomic E-state index is 13.5. The van der Waals surface area contributed by atoms with Gasteiger partial charge in [0.1, 0.15) is 11.6 Å². The average molecular weight is 247 g/mol. The highest BCUT2D eigenvalue weighted by Gasteiger charge is 2.17. The van der Waals surface area contributed by atoms with Crippen molar-refractivity contribution in [2.24, 2.45) is 7.05 Å². The van der Waals surface area contributed by atoms with E-state index in [1.165, 1.54) is 6.07 Å². The van der Waals surface area contributed by atoms with E-state index in [2.05, 4.69) is 10.3 Å². The van der Waals surface area contributed by atoms with Gasteiger partial charge in [-0.2, -0.15) is 0 Å². The zero-order valence-electron chi connectivity index (χ0n) is 10.9. The van der Waals surface area contributed by atoms with Gasteiger partial charge in [-0.05, 0) is 36.7 Å². The summed E-state index contributed by atoms with van der Waals surface area (Å²) in [4.78, 5) is 4.35. The highest BCUT2D eigenvalue weighted by molar-refractivity contribution is 5.30. The topological polar surface area (TPSA) is 29.9 Å². The Morgan fingerprint density at radius 3 is 2.72 bits per heavy atom. The first kappa shape index (κ1) is 12.8. The van der Waals surface area contributed by atoms with Gasteiger partial charge in [0.15, 0.2) is 0 Å². The highest BCUT2D eigenvalue weighted by atomic mass is 19.1. The first-order chi connectivity index (χ1) is 8.61. The molecule has 18 heavy (non-hydrogen) atoms. The lowest BCUT2D eigenvalue weighted by Gasteiger charge is -2.18. The minimum absolute atomic E-state index is 0.0793. The summed E-state index contributed by atoms with van der Waals surface area (Å²) in [6.45, 7) is 4.73. The zero-order valence-corrected chi connectivity index (χ0v) is 10.9. The van der Waals surface area contributed by atoms with E-state index >= 15 is 0 Å². The molecule has 0 saturated heterocycles. The molecule has 0 radical (unpaired) electrons. The Labute approximate surface area is 107 Å². The van der Waals surface area contributed by atoms with Gasteiger partial charge in [0.25, 0.3) is 0 Å². The predicted molar refractivity (Wildman–Crippen MR) is 69.9 cm³/mol. The third-order valence-electron chi connectivity index (χ3n) is 2.92. The number of aryl methyl sites for hydroxylation is 2. The van der Waals surface area contributed by atoms with E-state index in [1.807, 2.05) is 37.7 Å². The second-order valence-corrected chi connectivity index (χ2v) is 4.45. The van der Waals surface area contributed by atoms with Crippen molar-refractivity contribution in [1.82, 2.24) is 14.9 Å². The summed E-state index contributed by atoms with van der Waals surface area (Å²) >= 11 is 0. The van der Waals surface area contributed by atoms with Crippen molar-refractivity contribution >= 4 is 0 Å². The van der Waals surface area contributed by atoms with Gasteiger partial charge in [0, 0.05) is 19.4 Å². The normalized spacial score (nSPS) is 12.7. The molecule has 0 bridgehead atoms. The Hall–Kier alpha value is -1.68. The summed E-state index contributed by atoms with van der Waals surface area (Å²) in [5.74, 6) is 0.684. The smallest absolute Gasteiger partial charge is 0.130 e. The molecule has 0 amide bonds. The molecule has 1 heterocycles. The highest BCUT2D eigenvalue weighted by Crippen LogP contribution is 2.22. The van der Waals surface area contributed by atoms with Crippen LogP contribution in [0.2, 0.25) is 0 Å². The van der Waals surface area contributed by atoms with Gasteiger partial charge in [0.05, 0.1) is 6.04 Å². The minimum Gasteiger partial charge on any atom is -0.336 e. The van der Waals surface area contributed by atoms with Crippen molar-refractivity contribution < 1.29 is 4.39 Å². The van der Waals surface area contributed by atoms with E-state index in [-0.39, 0.29) is 11.9 Å². The number of imidazole rings is 1. The van der Waals surface area contributed by atoms with Crippen LogP contribution in [0.3, 0.4) is 0 Å². The fourth-order valence-corrected chi connectivity index (χ4v) is 2.15. The van der Waals surface area contributed by atoms with Gasteiger partial charge >= 0.3 is 0 Å². The number of hydrogen-bond acceptors (Lipinski definition) is 2. The van der Waals surface area contributed by atoms with Crippen LogP contribution in [0.25, 0.3) is 0 Å². The summed E-state index contributed by atoms with van der Waals surface area (Å²) in [5.41, 5.74) is 1.82. The molecule has 96 valence electrons. The lowest BCUT2D eigenvalue weighted by Crippen LogP contribution is -2.25. The van der Waals surface area contributed by atoms with Gasteiger partial charge in [-0.15, -0.1) is 0 Å². The second-order valence-electron chi connectivity index (χ2n) is 4.45. The molecule has 2 aromatic rings. The van der Waals surface area contributed by atoms with Crippen LogP contribution in [-0.4, -0.2) is 16.1 Å². The molecule has 1 unspecified atom stereocenters. The van der Waals surface area contributed by atoms with E-state index in [4.69, 9.17) is 0 Å². The summed E-state index contributed by atoms with van der Waals surface area (Å²) < 4.78 is 15.5. The summed E-state index contributed by atoms with van der Waals surface area (Å²) in [7, 11) is 1.94. The van der Waals surface area contributed by atoms with Gasteiger partial charge in [0.2, 0.25) is 0 Å². The van der Waals surface area contributed by atoms with E-state index in [1.54, 1.807) is 12.3 Å². The largest absolute Gasteiger partial charge is 0.336 e. The number of nitrogens with one attached hydrogen (secondary N) is 1. The maximum Gasteiger partial charge on any atom is 0.130 e. The van der Waals surface area contributed by atoms with Crippen molar-refractivity contribution in [3.63, 3.8) is 0 Å². The van der Waals surface area contributed by atoms with Gasteiger partial charge in [-0.1, -0.05) is 13.0 Å². The van der Waals surface area contributed by atoms with Crippen molar-refractivity contribution in [1.29, 1.82) is 0 Å². The molecule has 0 aliphatic carbocycles. The van der Waals surface area contributed by atoms with Gasteiger partial charge in [-0.25, -0.2) is 9.37 Å². The number of aromatic nitrogens is 2. The first-order valence-corrected chi connectivity index (χ1v) is 6.09.